The van der Waals surface area contributed by atoms with E-state index in [1.165, 1.54) is 17.7 Å². The number of hydrogen-bond donors (Lipinski definition) is 1. The van der Waals surface area contributed by atoms with Crippen molar-refractivity contribution in [2.45, 2.75) is 39.3 Å². The number of alkyl halides is 3. The Morgan fingerprint density at radius 2 is 1.76 bits per heavy atom. The number of hydrogen-bond acceptors (Lipinski definition) is 3. The molecule has 0 aliphatic carbocycles. The first-order chi connectivity index (χ1) is 9.51. The van der Waals surface area contributed by atoms with Crippen LogP contribution in [0, 0.1) is 6.92 Å². The molecule has 7 heteroatoms. The first-order valence-electron chi connectivity index (χ1n) is 6.41. The van der Waals surface area contributed by atoms with Crippen LogP contribution in [0.15, 0.2) is 18.2 Å². The first kappa shape index (κ1) is 15.3. The van der Waals surface area contributed by atoms with Gasteiger partial charge >= 0.3 is 6.18 Å². The highest BCUT2D eigenvalue weighted by molar-refractivity contribution is 5.47. The van der Waals surface area contributed by atoms with Gasteiger partial charge in [-0.25, -0.2) is 4.68 Å². The van der Waals surface area contributed by atoms with Crippen LogP contribution in [0.2, 0.25) is 0 Å². The Bertz CT molecular complexity index is 666. The van der Waals surface area contributed by atoms with E-state index < -0.39 is 17.2 Å². The molecule has 0 aliphatic heterocycles. The lowest BCUT2D eigenvalue weighted by Gasteiger charge is -2.21. The second-order valence-electron chi connectivity index (χ2n) is 5.98. The van der Waals surface area contributed by atoms with Crippen molar-refractivity contribution in [2.75, 3.05) is 5.73 Å². The molecule has 0 radical (unpaired) electrons. The maximum Gasteiger partial charge on any atom is 0.416 e. The molecule has 0 bridgehead atoms. The summed E-state index contributed by atoms with van der Waals surface area (Å²) in [6.07, 6.45) is -4.41. The highest BCUT2D eigenvalue weighted by Gasteiger charge is 2.33. The van der Waals surface area contributed by atoms with Crippen LogP contribution in [-0.4, -0.2) is 15.0 Å². The average Bonchev–Trinajstić information content (AvgIpc) is 2.70. The van der Waals surface area contributed by atoms with Crippen molar-refractivity contribution in [1.82, 2.24) is 15.0 Å². The van der Waals surface area contributed by atoms with Gasteiger partial charge in [0.15, 0.2) is 5.82 Å². The van der Waals surface area contributed by atoms with Crippen molar-refractivity contribution < 1.29 is 13.2 Å². The molecule has 114 valence electrons. The van der Waals surface area contributed by atoms with E-state index in [1.807, 2.05) is 20.8 Å². The van der Waals surface area contributed by atoms with Gasteiger partial charge in [0.1, 0.15) is 0 Å². The Balaban J connectivity index is 2.65. The second-order valence-corrected chi connectivity index (χ2v) is 5.98. The summed E-state index contributed by atoms with van der Waals surface area (Å²) in [6, 6.07) is 4.06. The van der Waals surface area contributed by atoms with Crippen molar-refractivity contribution in [3.8, 4) is 5.69 Å². The molecule has 0 amide bonds. The summed E-state index contributed by atoms with van der Waals surface area (Å²) in [4.78, 5) is 0. The minimum absolute atomic E-state index is 0.164. The molecular weight excluding hydrogens is 281 g/mol. The van der Waals surface area contributed by atoms with Gasteiger partial charge in [0, 0.05) is 5.41 Å². The van der Waals surface area contributed by atoms with E-state index in [0.717, 1.165) is 6.07 Å². The van der Waals surface area contributed by atoms with Crippen LogP contribution in [0.5, 0.6) is 0 Å². The van der Waals surface area contributed by atoms with Gasteiger partial charge in [-0.15, -0.1) is 5.10 Å². The molecule has 2 rings (SSSR count). The van der Waals surface area contributed by atoms with Crippen molar-refractivity contribution in [2.24, 2.45) is 0 Å². The van der Waals surface area contributed by atoms with E-state index in [2.05, 4.69) is 10.3 Å². The van der Waals surface area contributed by atoms with Crippen LogP contribution < -0.4 is 5.73 Å². The largest absolute Gasteiger partial charge is 0.416 e. The third kappa shape index (κ3) is 2.86. The molecule has 0 atom stereocenters. The van der Waals surface area contributed by atoms with Gasteiger partial charge in [0.2, 0.25) is 0 Å². The number of nitrogens with zero attached hydrogens (tertiary/aromatic N) is 3. The van der Waals surface area contributed by atoms with E-state index >= 15 is 0 Å². The number of nitrogens with two attached hydrogens (primary N) is 1. The summed E-state index contributed by atoms with van der Waals surface area (Å²) in [5.41, 5.74) is 5.76. The Kier molecular flexibility index (Phi) is 3.47. The molecule has 0 spiro atoms. The third-order valence-corrected chi connectivity index (χ3v) is 3.18. The molecule has 1 aromatic carbocycles. The number of nitrogen functional groups attached to an aromatic ring is 1. The van der Waals surface area contributed by atoms with E-state index in [1.54, 1.807) is 6.07 Å². The molecule has 0 saturated carbocycles. The Labute approximate surface area is 120 Å². The van der Waals surface area contributed by atoms with Gasteiger partial charge in [-0.05, 0) is 24.6 Å². The number of anilines is 1. The van der Waals surface area contributed by atoms with Gasteiger partial charge in [-0.1, -0.05) is 32.1 Å². The summed E-state index contributed by atoms with van der Waals surface area (Å²) < 4.78 is 40.4. The highest BCUT2D eigenvalue weighted by atomic mass is 19.4. The minimum Gasteiger partial charge on any atom is -0.381 e. The van der Waals surface area contributed by atoms with E-state index in [4.69, 9.17) is 5.73 Å². The quantitative estimate of drug-likeness (QED) is 0.877. The highest BCUT2D eigenvalue weighted by Crippen LogP contribution is 2.34. The fourth-order valence-electron chi connectivity index (χ4n) is 2.22. The second kappa shape index (κ2) is 4.75. The molecule has 2 aromatic rings. The summed E-state index contributed by atoms with van der Waals surface area (Å²) in [7, 11) is 0. The molecular formula is C14H17F3N4. The minimum atomic E-state index is -4.41. The molecule has 0 aliphatic rings. The predicted molar refractivity (Wildman–Crippen MR) is 74.2 cm³/mol. The Hall–Kier alpha value is -2.05. The summed E-state index contributed by atoms with van der Waals surface area (Å²) in [5.74, 6) is 0.219. The van der Waals surface area contributed by atoms with Crippen LogP contribution in [-0.2, 0) is 11.6 Å². The van der Waals surface area contributed by atoms with Gasteiger partial charge in [-0.2, -0.15) is 13.2 Å². The lowest BCUT2D eigenvalue weighted by molar-refractivity contribution is -0.138. The zero-order chi connectivity index (χ0) is 16.0. The zero-order valence-corrected chi connectivity index (χ0v) is 12.3. The standard InChI is InChI=1S/C14H17F3N4/c1-8-5-6-9(7-10(8)14(15,16)17)21-11(13(2,3)4)12(18)19-20-21/h5-7H,18H2,1-4H3. The van der Waals surface area contributed by atoms with Crippen LogP contribution in [0.4, 0.5) is 19.0 Å². The summed E-state index contributed by atoms with van der Waals surface area (Å²) >= 11 is 0. The van der Waals surface area contributed by atoms with Gasteiger partial charge in [0.25, 0.3) is 0 Å². The third-order valence-electron chi connectivity index (χ3n) is 3.18. The maximum absolute atomic E-state index is 13.0. The predicted octanol–water partition coefficient (Wildman–Crippen LogP) is 3.47. The lowest BCUT2D eigenvalue weighted by Crippen LogP contribution is -2.19. The smallest absolute Gasteiger partial charge is 0.381 e. The van der Waals surface area contributed by atoms with Crippen LogP contribution in [0.25, 0.3) is 5.69 Å². The number of aryl methyl sites for hydroxylation is 1. The normalized spacial score (nSPS) is 12.7. The van der Waals surface area contributed by atoms with Gasteiger partial charge in [0.05, 0.1) is 16.9 Å². The molecule has 0 saturated heterocycles. The number of halogens is 3. The fraction of sp³-hybridized carbons (Fsp3) is 0.429. The number of benzene rings is 1. The van der Waals surface area contributed by atoms with Crippen molar-refractivity contribution in [3.63, 3.8) is 0 Å². The summed E-state index contributed by atoms with van der Waals surface area (Å²) in [5, 5.41) is 7.66. The van der Waals surface area contributed by atoms with Crippen molar-refractivity contribution in [1.29, 1.82) is 0 Å². The van der Waals surface area contributed by atoms with E-state index in [-0.39, 0.29) is 11.4 Å². The van der Waals surface area contributed by atoms with Crippen molar-refractivity contribution >= 4 is 5.82 Å². The monoisotopic (exact) mass is 298 g/mol. The van der Waals surface area contributed by atoms with Crippen LogP contribution >= 0.6 is 0 Å². The Morgan fingerprint density at radius 3 is 2.29 bits per heavy atom. The SMILES string of the molecule is Cc1ccc(-n2nnc(N)c2C(C)(C)C)cc1C(F)(F)F. The summed E-state index contributed by atoms with van der Waals surface area (Å²) in [6.45, 7) is 7.12. The number of aromatic nitrogens is 3. The zero-order valence-electron chi connectivity index (χ0n) is 12.3. The molecule has 0 unspecified atom stereocenters. The molecule has 1 aromatic heterocycles. The maximum atomic E-state index is 13.0. The average molecular weight is 298 g/mol. The molecule has 2 N–H and O–H groups in total. The fourth-order valence-corrected chi connectivity index (χ4v) is 2.22. The first-order valence-corrected chi connectivity index (χ1v) is 6.41. The molecule has 21 heavy (non-hydrogen) atoms. The molecule has 0 fully saturated rings. The van der Waals surface area contributed by atoms with Crippen LogP contribution in [0.3, 0.4) is 0 Å². The van der Waals surface area contributed by atoms with Crippen molar-refractivity contribution in [3.05, 3.63) is 35.0 Å². The molecule has 1 heterocycles. The van der Waals surface area contributed by atoms with Gasteiger partial charge < -0.3 is 5.73 Å². The Morgan fingerprint density at radius 1 is 1.14 bits per heavy atom. The van der Waals surface area contributed by atoms with Gasteiger partial charge in [-0.3, -0.25) is 0 Å². The lowest BCUT2D eigenvalue weighted by atomic mass is 9.91. The topological polar surface area (TPSA) is 56.7 Å². The van der Waals surface area contributed by atoms with E-state index in [0.29, 0.717) is 11.4 Å². The number of rotatable bonds is 1. The van der Waals surface area contributed by atoms with E-state index in [9.17, 15) is 13.2 Å². The molecule has 4 nitrogen and oxygen atoms in total. The van der Waals surface area contributed by atoms with Crippen LogP contribution in [0.1, 0.15) is 37.6 Å².